The van der Waals surface area contributed by atoms with E-state index >= 15 is 0 Å². The van der Waals surface area contributed by atoms with E-state index < -0.39 is 5.97 Å². The fourth-order valence-corrected chi connectivity index (χ4v) is 3.71. The molecule has 5 heteroatoms. The first-order chi connectivity index (χ1) is 12.0. The normalized spacial score (nSPS) is 16.8. The average molecular weight is 341 g/mol. The average Bonchev–Trinajstić information content (AvgIpc) is 3.05. The Morgan fingerprint density at radius 2 is 2.08 bits per heavy atom. The van der Waals surface area contributed by atoms with E-state index in [0.29, 0.717) is 29.8 Å². The second-order valence-corrected chi connectivity index (χ2v) is 7.05. The minimum Gasteiger partial charge on any atom is -0.461 e. The van der Waals surface area contributed by atoms with E-state index in [2.05, 4.69) is 24.7 Å². The lowest BCUT2D eigenvalue weighted by Crippen LogP contribution is -2.16. The third-order valence-corrected chi connectivity index (χ3v) is 5.19. The standard InChI is InChI=1S/C20H27N3O2/c1-5-25-20(24)17-12-19-21-16(11-18(13(2)3)23(19)22-17)14(4)15-9-7-6-8-10-15/h11-12,14-15H,2,5-10H2,1,3-4H3. The molecule has 2 aromatic heterocycles. The number of aromatic nitrogens is 3. The van der Waals surface area contributed by atoms with E-state index in [1.54, 1.807) is 17.5 Å². The van der Waals surface area contributed by atoms with Crippen molar-refractivity contribution in [2.45, 2.75) is 58.8 Å². The highest BCUT2D eigenvalue weighted by atomic mass is 16.5. The number of rotatable bonds is 5. The summed E-state index contributed by atoms with van der Waals surface area (Å²) in [5, 5.41) is 4.38. The van der Waals surface area contributed by atoms with Gasteiger partial charge in [0.15, 0.2) is 11.3 Å². The summed E-state index contributed by atoms with van der Waals surface area (Å²) < 4.78 is 6.77. The zero-order valence-corrected chi connectivity index (χ0v) is 15.4. The van der Waals surface area contributed by atoms with Gasteiger partial charge in [-0.3, -0.25) is 0 Å². The second kappa shape index (κ2) is 7.38. The van der Waals surface area contributed by atoms with Gasteiger partial charge in [-0.1, -0.05) is 32.8 Å². The quantitative estimate of drug-likeness (QED) is 0.744. The lowest BCUT2D eigenvalue weighted by molar-refractivity contribution is 0.0519. The van der Waals surface area contributed by atoms with Crippen LogP contribution in [0.5, 0.6) is 0 Å². The molecule has 1 unspecified atom stereocenters. The fourth-order valence-electron chi connectivity index (χ4n) is 3.71. The van der Waals surface area contributed by atoms with Gasteiger partial charge in [0, 0.05) is 17.7 Å². The van der Waals surface area contributed by atoms with E-state index in [9.17, 15) is 4.79 Å². The maximum absolute atomic E-state index is 12.0. The minimum atomic E-state index is -0.414. The van der Waals surface area contributed by atoms with Gasteiger partial charge in [-0.25, -0.2) is 14.3 Å². The van der Waals surface area contributed by atoms with Crippen molar-refractivity contribution in [3.05, 3.63) is 35.8 Å². The molecule has 1 aliphatic carbocycles. The molecule has 2 heterocycles. The topological polar surface area (TPSA) is 56.5 Å². The molecule has 0 amide bonds. The molecule has 0 aromatic carbocycles. The first-order valence-corrected chi connectivity index (χ1v) is 9.25. The first-order valence-electron chi connectivity index (χ1n) is 9.25. The summed E-state index contributed by atoms with van der Waals surface area (Å²) in [5.41, 5.74) is 3.84. The molecule has 0 N–H and O–H groups in total. The van der Waals surface area contributed by atoms with E-state index in [1.165, 1.54) is 32.1 Å². The number of esters is 1. The van der Waals surface area contributed by atoms with Gasteiger partial charge >= 0.3 is 5.97 Å². The van der Waals surface area contributed by atoms with Crippen LogP contribution in [0.3, 0.4) is 0 Å². The summed E-state index contributed by atoms with van der Waals surface area (Å²) in [6, 6.07) is 3.79. The monoisotopic (exact) mass is 341 g/mol. The Morgan fingerprint density at radius 1 is 1.36 bits per heavy atom. The number of ether oxygens (including phenoxy) is 1. The summed E-state index contributed by atoms with van der Waals surface area (Å²) in [5.74, 6) is 0.654. The van der Waals surface area contributed by atoms with Crippen LogP contribution in [-0.4, -0.2) is 27.2 Å². The molecule has 0 bridgehead atoms. The molecule has 2 aromatic rings. The van der Waals surface area contributed by atoms with Gasteiger partial charge in [0.2, 0.25) is 0 Å². The lowest BCUT2D eigenvalue weighted by atomic mass is 9.79. The van der Waals surface area contributed by atoms with E-state index in [0.717, 1.165) is 17.0 Å². The van der Waals surface area contributed by atoms with Gasteiger partial charge < -0.3 is 4.74 Å². The van der Waals surface area contributed by atoms with Crippen LogP contribution in [0.2, 0.25) is 0 Å². The third kappa shape index (κ3) is 3.60. The minimum absolute atomic E-state index is 0.291. The van der Waals surface area contributed by atoms with Crippen LogP contribution >= 0.6 is 0 Å². The molecular formula is C20H27N3O2. The molecule has 1 saturated carbocycles. The highest BCUT2D eigenvalue weighted by Crippen LogP contribution is 2.35. The van der Waals surface area contributed by atoms with E-state index in [-0.39, 0.29) is 0 Å². The predicted molar refractivity (Wildman–Crippen MR) is 98.6 cm³/mol. The molecule has 5 nitrogen and oxygen atoms in total. The molecule has 1 aliphatic rings. The zero-order valence-electron chi connectivity index (χ0n) is 15.4. The SMILES string of the molecule is C=C(C)c1cc(C(C)C2CCCCC2)nc2cc(C(=O)OCC)nn12. The Kier molecular flexibility index (Phi) is 5.21. The summed E-state index contributed by atoms with van der Waals surface area (Å²) in [6.07, 6.45) is 6.50. The second-order valence-electron chi connectivity index (χ2n) is 7.05. The number of fused-ring (bicyclic) bond motifs is 1. The molecule has 0 aliphatic heterocycles. The summed E-state index contributed by atoms with van der Waals surface area (Å²) in [6.45, 7) is 10.4. The molecule has 134 valence electrons. The van der Waals surface area contributed by atoms with Gasteiger partial charge in [0.05, 0.1) is 12.3 Å². The van der Waals surface area contributed by atoms with Crippen LogP contribution in [0, 0.1) is 5.92 Å². The molecule has 0 spiro atoms. The number of nitrogens with zero attached hydrogens (tertiary/aromatic N) is 3. The van der Waals surface area contributed by atoms with Gasteiger partial charge in [-0.2, -0.15) is 5.10 Å². The first kappa shape index (κ1) is 17.6. The third-order valence-electron chi connectivity index (χ3n) is 5.19. The summed E-state index contributed by atoms with van der Waals surface area (Å²) in [4.78, 5) is 16.8. The van der Waals surface area contributed by atoms with Crippen molar-refractivity contribution in [1.29, 1.82) is 0 Å². The smallest absolute Gasteiger partial charge is 0.358 e. The van der Waals surface area contributed by atoms with Crippen molar-refractivity contribution in [3.63, 3.8) is 0 Å². The lowest BCUT2D eigenvalue weighted by Gasteiger charge is -2.27. The van der Waals surface area contributed by atoms with Crippen LogP contribution in [0.25, 0.3) is 11.2 Å². The highest BCUT2D eigenvalue weighted by molar-refractivity contribution is 5.88. The molecular weight excluding hydrogens is 314 g/mol. The summed E-state index contributed by atoms with van der Waals surface area (Å²) in [7, 11) is 0. The number of carbonyl (C=O) groups is 1. The molecule has 0 radical (unpaired) electrons. The Labute approximate surface area is 149 Å². The number of carbonyl (C=O) groups excluding carboxylic acids is 1. The van der Waals surface area contributed by atoms with Crippen molar-refractivity contribution < 1.29 is 9.53 Å². The summed E-state index contributed by atoms with van der Waals surface area (Å²) >= 11 is 0. The number of allylic oxidation sites excluding steroid dienone is 1. The van der Waals surface area contributed by atoms with Gasteiger partial charge in [0.25, 0.3) is 0 Å². The van der Waals surface area contributed by atoms with Crippen LogP contribution in [0.1, 0.15) is 80.7 Å². The van der Waals surface area contributed by atoms with Crippen molar-refractivity contribution >= 4 is 17.2 Å². The molecule has 0 saturated heterocycles. The van der Waals surface area contributed by atoms with Crippen molar-refractivity contribution in [2.75, 3.05) is 6.61 Å². The molecule has 1 fully saturated rings. The Morgan fingerprint density at radius 3 is 2.72 bits per heavy atom. The Balaban J connectivity index is 2.02. The van der Waals surface area contributed by atoms with E-state index in [4.69, 9.17) is 9.72 Å². The Bertz CT molecular complexity index is 788. The van der Waals surface area contributed by atoms with E-state index in [1.807, 2.05) is 6.92 Å². The van der Waals surface area contributed by atoms with Crippen molar-refractivity contribution in [3.8, 4) is 0 Å². The van der Waals surface area contributed by atoms with Gasteiger partial charge in [-0.05, 0) is 44.2 Å². The highest BCUT2D eigenvalue weighted by Gasteiger charge is 2.24. The number of hydrogen-bond donors (Lipinski definition) is 0. The largest absolute Gasteiger partial charge is 0.461 e. The molecule has 1 atom stereocenters. The van der Waals surface area contributed by atoms with Crippen LogP contribution < -0.4 is 0 Å². The van der Waals surface area contributed by atoms with Crippen LogP contribution in [-0.2, 0) is 4.74 Å². The Hall–Kier alpha value is -2.17. The maximum atomic E-state index is 12.0. The van der Waals surface area contributed by atoms with Crippen molar-refractivity contribution in [2.24, 2.45) is 5.92 Å². The zero-order chi connectivity index (χ0) is 18.0. The van der Waals surface area contributed by atoms with Crippen LogP contribution in [0.15, 0.2) is 18.7 Å². The fraction of sp³-hybridized carbons (Fsp3) is 0.550. The van der Waals surface area contributed by atoms with Crippen molar-refractivity contribution in [1.82, 2.24) is 14.6 Å². The molecule has 25 heavy (non-hydrogen) atoms. The predicted octanol–water partition coefficient (Wildman–Crippen LogP) is 4.62. The number of hydrogen-bond acceptors (Lipinski definition) is 4. The van der Waals surface area contributed by atoms with Gasteiger partial charge in [-0.15, -0.1) is 0 Å². The van der Waals surface area contributed by atoms with Crippen LogP contribution in [0.4, 0.5) is 0 Å². The maximum Gasteiger partial charge on any atom is 0.358 e. The van der Waals surface area contributed by atoms with Gasteiger partial charge in [0.1, 0.15) is 0 Å². The molecule has 3 rings (SSSR count).